The molecule has 0 fully saturated rings. The van der Waals surface area contributed by atoms with Gasteiger partial charge in [-0.25, -0.2) is 4.98 Å². The minimum Gasteiger partial charge on any atom is -0.321 e. The van der Waals surface area contributed by atoms with Crippen molar-refractivity contribution in [1.29, 1.82) is 0 Å². The average molecular weight is 769 g/mol. The zero-order valence-electron chi connectivity index (χ0n) is 32.9. The highest BCUT2D eigenvalue weighted by molar-refractivity contribution is 6.12. The topological polar surface area (TPSA) is 24.3 Å². The van der Waals surface area contributed by atoms with Crippen LogP contribution in [0.3, 0.4) is 0 Å². The third-order valence-electron chi connectivity index (χ3n) is 11.7. The molecule has 4 heteroatoms. The van der Waals surface area contributed by atoms with Gasteiger partial charge in [0.2, 0.25) is 0 Å². The van der Waals surface area contributed by atoms with Gasteiger partial charge in [0.25, 0.3) is 0 Å². The van der Waals surface area contributed by atoms with Gasteiger partial charge in [-0.15, -0.1) is 0 Å². The number of benzene rings is 8. The largest absolute Gasteiger partial charge is 0.321 e. The van der Waals surface area contributed by atoms with Gasteiger partial charge in [0.1, 0.15) is 12.5 Å². The molecule has 60 heavy (non-hydrogen) atoms. The van der Waals surface area contributed by atoms with Crippen molar-refractivity contribution in [3.05, 3.63) is 253 Å². The van der Waals surface area contributed by atoms with Crippen LogP contribution in [0.4, 0.5) is 22.7 Å². The van der Waals surface area contributed by atoms with Crippen LogP contribution in [-0.2, 0) is 0 Å². The Hall–Kier alpha value is -7.95. The van der Waals surface area contributed by atoms with E-state index in [4.69, 9.17) is 4.98 Å². The first-order valence-corrected chi connectivity index (χ1v) is 20.5. The first-order valence-electron chi connectivity index (χ1n) is 20.5. The molecule has 0 N–H and O–H groups in total. The molecule has 0 saturated carbocycles. The zero-order valence-corrected chi connectivity index (χ0v) is 32.9. The maximum absolute atomic E-state index is 4.87. The Morgan fingerprint density at radius 2 is 0.933 bits per heavy atom. The molecular formula is C56H40N4. The molecule has 0 bridgehead atoms. The van der Waals surface area contributed by atoms with Crippen molar-refractivity contribution in [2.75, 3.05) is 16.5 Å². The molecule has 1 aliphatic heterocycles. The van der Waals surface area contributed by atoms with Crippen LogP contribution in [0.1, 0.15) is 22.3 Å². The van der Waals surface area contributed by atoms with E-state index in [0.29, 0.717) is 6.67 Å². The number of hydrogen-bond donors (Lipinski definition) is 0. The summed E-state index contributed by atoms with van der Waals surface area (Å²) in [6.45, 7) is 0.681. The molecule has 1 aliphatic rings. The lowest BCUT2D eigenvalue weighted by molar-refractivity contribution is 0.991. The Bertz CT molecular complexity index is 3110. The van der Waals surface area contributed by atoms with Crippen LogP contribution in [0.2, 0.25) is 0 Å². The summed E-state index contributed by atoms with van der Waals surface area (Å²) in [5, 5.41) is 2.39. The summed E-state index contributed by atoms with van der Waals surface area (Å²) in [4.78, 5) is 9.74. The molecule has 0 atom stereocenters. The second-order valence-electron chi connectivity index (χ2n) is 15.2. The Morgan fingerprint density at radius 3 is 1.62 bits per heavy atom. The standard InChI is InChI=1S/C56H40N4/c1-5-19-40(20-6-1)44-35-45(37-47(36-44)59-39-58(46-25-11-4-12-26-46)51-29-15-16-30-52(51)59)56(55(41-21-7-2-8-22-41)42-23-9-3-10-24-42)43-32-33-49-48-27-13-14-28-50(48)60(53(49)38-43)54-31-17-18-34-57-54/h1-38H,39H2. The first kappa shape index (κ1) is 35.2. The Morgan fingerprint density at radius 1 is 0.367 bits per heavy atom. The number of para-hydroxylation sites is 4. The molecule has 0 amide bonds. The summed E-state index contributed by atoms with van der Waals surface area (Å²) in [5.41, 5.74) is 16.1. The summed E-state index contributed by atoms with van der Waals surface area (Å²) in [5.74, 6) is 0.891. The Balaban J connectivity index is 1.22. The van der Waals surface area contributed by atoms with Gasteiger partial charge in [0.15, 0.2) is 0 Å². The van der Waals surface area contributed by atoms with E-state index in [2.05, 4.69) is 233 Å². The number of nitrogens with zero attached hydrogens (tertiary/aromatic N) is 4. The average Bonchev–Trinajstić information content (AvgIpc) is 3.88. The number of hydrogen-bond acceptors (Lipinski definition) is 3. The highest BCUT2D eigenvalue weighted by atomic mass is 15.4. The van der Waals surface area contributed by atoms with Crippen LogP contribution in [0.25, 0.3) is 49.9 Å². The third kappa shape index (κ3) is 6.23. The van der Waals surface area contributed by atoms with Crippen molar-refractivity contribution in [3.8, 4) is 16.9 Å². The fourth-order valence-electron chi connectivity index (χ4n) is 8.95. The van der Waals surface area contributed by atoms with E-state index in [0.717, 1.165) is 55.9 Å². The van der Waals surface area contributed by atoms with Gasteiger partial charge >= 0.3 is 0 Å². The van der Waals surface area contributed by atoms with E-state index in [1.54, 1.807) is 0 Å². The molecule has 0 radical (unpaired) electrons. The fraction of sp³-hybridized carbons (Fsp3) is 0.0179. The van der Waals surface area contributed by atoms with Crippen molar-refractivity contribution in [1.82, 2.24) is 9.55 Å². The second-order valence-corrected chi connectivity index (χ2v) is 15.2. The van der Waals surface area contributed by atoms with Gasteiger partial charge in [-0.2, -0.15) is 0 Å². The quantitative estimate of drug-likeness (QED) is 0.144. The van der Waals surface area contributed by atoms with E-state index in [-0.39, 0.29) is 0 Å². The van der Waals surface area contributed by atoms with E-state index in [1.807, 2.05) is 12.3 Å². The highest BCUT2D eigenvalue weighted by Crippen LogP contribution is 2.47. The van der Waals surface area contributed by atoms with Gasteiger partial charge < -0.3 is 9.80 Å². The van der Waals surface area contributed by atoms with Crippen molar-refractivity contribution >= 4 is 55.7 Å². The predicted molar refractivity (Wildman–Crippen MR) is 250 cm³/mol. The number of pyridine rings is 1. The molecule has 10 aromatic rings. The van der Waals surface area contributed by atoms with Crippen LogP contribution in [0.5, 0.6) is 0 Å². The SMILES string of the molecule is c1ccc(C(=C(c2cc(-c3ccccc3)cc(N3CN(c4ccccc4)c4ccccc43)c2)c2ccc3c4ccccc4n(-c4ccccn4)c3c2)c2ccccc2)cc1. The molecule has 8 aromatic carbocycles. The highest BCUT2D eigenvalue weighted by Gasteiger charge is 2.29. The molecule has 3 heterocycles. The van der Waals surface area contributed by atoms with Gasteiger partial charge in [0.05, 0.1) is 22.4 Å². The normalized spacial score (nSPS) is 12.2. The van der Waals surface area contributed by atoms with Crippen molar-refractivity contribution in [3.63, 3.8) is 0 Å². The minimum atomic E-state index is 0.681. The summed E-state index contributed by atoms with van der Waals surface area (Å²) in [7, 11) is 0. The lowest BCUT2D eigenvalue weighted by Gasteiger charge is -2.25. The summed E-state index contributed by atoms with van der Waals surface area (Å²) < 4.78 is 2.31. The third-order valence-corrected chi connectivity index (χ3v) is 11.7. The minimum absolute atomic E-state index is 0.681. The van der Waals surface area contributed by atoms with Crippen LogP contribution in [0, 0.1) is 0 Å². The number of fused-ring (bicyclic) bond motifs is 4. The fourth-order valence-corrected chi connectivity index (χ4v) is 8.95. The van der Waals surface area contributed by atoms with Crippen LogP contribution >= 0.6 is 0 Å². The lowest BCUT2D eigenvalue weighted by Crippen LogP contribution is -2.24. The first-order chi connectivity index (χ1) is 29.8. The smallest absolute Gasteiger partial charge is 0.137 e. The molecule has 0 spiro atoms. The molecule has 0 unspecified atom stereocenters. The van der Waals surface area contributed by atoms with E-state index in [9.17, 15) is 0 Å². The number of aromatic nitrogens is 2. The summed E-state index contributed by atoms with van der Waals surface area (Å²) in [6, 6.07) is 80.9. The van der Waals surface area contributed by atoms with Crippen molar-refractivity contribution in [2.45, 2.75) is 0 Å². The van der Waals surface area contributed by atoms with E-state index in [1.165, 1.54) is 39.0 Å². The Labute approximate surface area is 350 Å². The monoisotopic (exact) mass is 768 g/mol. The summed E-state index contributed by atoms with van der Waals surface area (Å²) >= 11 is 0. The van der Waals surface area contributed by atoms with Gasteiger partial charge in [0, 0.05) is 28.3 Å². The molecule has 0 aliphatic carbocycles. The maximum atomic E-state index is 4.87. The van der Waals surface area contributed by atoms with Crippen LogP contribution in [-0.4, -0.2) is 16.2 Å². The van der Waals surface area contributed by atoms with E-state index >= 15 is 0 Å². The zero-order chi connectivity index (χ0) is 39.8. The van der Waals surface area contributed by atoms with E-state index < -0.39 is 0 Å². The van der Waals surface area contributed by atoms with Crippen LogP contribution < -0.4 is 9.80 Å². The van der Waals surface area contributed by atoms with Gasteiger partial charge in [-0.05, 0) is 111 Å². The molecular weight excluding hydrogens is 729 g/mol. The molecule has 0 saturated heterocycles. The molecule has 11 rings (SSSR count). The second kappa shape index (κ2) is 15.1. The maximum Gasteiger partial charge on any atom is 0.137 e. The lowest BCUT2D eigenvalue weighted by atomic mass is 9.84. The van der Waals surface area contributed by atoms with Crippen LogP contribution in [0.15, 0.2) is 231 Å². The summed E-state index contributed by atoms with van der Waals surface area (Å²) in [6.07, 6.45) is 1.88. The van der Waals surface area contributed by atoms with Crippen molar-refractivity contribution < 1.29 is 0 Å². The molecule has 2 aromatic heterocycles. The van der Waals surface area contributed by atoms with Crippen molar-refractivity contribution in [2.24, 2.45) is 0 Å². The number of rotatable bonds is 8. The predicted octanol–water partition coefficient (Wildman–Crippen LogP) is 14.1. The molecule has 4 nitrogen and oxygen atoms in total. The number of anilines is 4. The molecule has 284 valence electrons. The van der Waals surface area contributed by atoms with Gasteiger partial charge in [-0.1, -0.05) is 158 Å². The Kier molecular flexibility index (Phi) is 8.86. The van der Waals surface area contributed by atoms with Gasteiger partial charge in [-0.3, -0.25) is 4.57 Å².